The van der Waals surface area contributed by atoms with Crippen molar-refractivity contribution in [3.63, 3.8) is 0 Å². The first kappa shape index (κ1) is 14.1. The van der Waals surface area contributed by atoms with E-state index in [0.717, 1.165) is 41.6 Å². The third-order valence-corrected chi connectivity index (χ3v) is 4.01. The van der Waals surface area contributed by atoms with Gasteiger partial charge in [-0.3, -0.25) is 0 Å². The highest BCUT2D eigenvalue weighted by Crippen LogP contribution is 2.23. The predicted octanol–water partition coefficient (Wildman–Crippen LogP) is 2.74. The van der Waals surface area contributed by atoms with Crippen molar-refractivity contribution in [1.82, 2.24) is 14.8 Å². The minimum Gasteiger partial charge on any atom is -0.396 e. The van der Waals surface area contributed by atoms with E-state index in [-0.39, 0.29) is 6.61 Å². The topological polar surface area (TPSA) is 50.9 Å². The van der Waals surface area contributed by atoms with Crippen LogP contribution in [0.1, 0.15) is 19.3 Å². The Morgan fingerprint density at radius 1 is 1.11 bits per heavy atom. The molecule has 2 rings (SSSR count). The number of aromatic nitrogens is 3. The Kier molecular flexibility index (Phi) is 5.42. The SMILES string of the molecule is Cn1c(SCCCCCO)nnc1-c1ccccc1. The van der Waals surface area contributed by atoms with Gasteiger partial charge in [0.15, 0.2) is 11.0 Å². The first-order chi connectivity index (χ1) is 9.33. The normalized spacial score (nSPS) is 10.8. The molecule has 5 heteroatoms. The summed E-state index contributed by atoms with van der Waals surface area (Å²) in [6.45, 7) is 0.285. The van der Waals surface area contributed by atoms with Gasteiger partial charge in [-0.25, -0.2) is 0 Å². The molecule has 1 heterocycles. The summed E-state index contributed by atoms with van der Waals surface area (Å²) in [6.07, 6.45) is 3.04. The molecule has 102 valence electrons. The first-order valence-corrected chi connectivity index (χ1v) is 7.50. The lowest BCUT2D eigenvalue weighted by molar-refractivity contribution is 0.284. The summed E-state index contributed by atoms with van der Waals surface area (Å²) in [5.74, 6) is 1.92. The van der Waals surface area contributed by atoms with E-state index in [0.29, 0.717) is 0 Å². The molecule has 0 radical (unpaired) electrons. The number of hydrogen-bond acceptors (Lipinski definition) is 4. The highest BCUT2D eigenvalue weighted by atomic mass is 32.2. The molecular formula is C14H19N3OS. The second-order valence-electron chi connectivity index (χ2n) is 4.36. The molecule has 0 saturated carbocycles. The molecule has 0 aliphatic carbocycles. The first-order valence-electron chi connectivity index (χ1n) is 6.51. The molecule has 1 N–H and O–H groups in total. The lowest BCUT2D eigenvalue weighted by Gasteiger charge is -2.03. The number of benzene rings is 1. The lowest BCUT2D eigenvalue weighted by Crippen LogP contribution is -1.95. The smallest absolute Gasteiger partial charge is 0.191 e. The molecule has 4 nitrogen and oxygen atoms in total. The van der Waals surface area contributed by atoms with Crippen molar-refractivity contribution in [2.45, 2.75) is 24.4 Å². The molecule has 2 aromatic rings. The molecule has 0 amide bonds. The van der Waals surface area contributed by atoms with E-state index in [2.05, 4.69) is 10.2 Å². The summed E-state index contributed by atoms with van der Waals surface area (Å²) in [6, 6.07) is 10.1. The van der Waals surface area contributed by atoms with Crippen molar-refractivity contribution in [2.75, 3.05) is 12.4 Å². The maximum absolute atomic E-state index is 8.72. The van der Waals surface area contributed by atoms with Crippen LogP contribution in [0.3, 0.4) is 0 Å². The van der Waals surface area contributed by atoms with Gasteiger partial charge >= 0.3 is 0 Å². The van der Waals surface area contributed by atoms with Gasteiger partial charge in [0.25, 0.3) is 0 Å². The Morgan fingerprint density at radius 2 is 1.89 bits per heavy atom. The molecule has 0 unspecified atom stereocenters. The van der Waals surface area contributed by atoms with Crippen LogP contribution in [-0.2, 0) is 7.05 Å². The number of rotatable bonds is 7. The van der Waals surface area contributed by atoms with Gasteiger partial charge in [-0.1, -0.05) is 48.5 Å². The zero-order valence-corrected chi connectivity index (χ0v) is 11.9. The van der Waals surface area contributed by atoms with Crippen LogP contribution in [0.25, 0.3) is 11.4 Å². The van der Waals surface area contributed by atoms with Crippen molar-refractivity contribution in [3.8, 4) is 11.4 Å². The molecule has 0 aliphatic rings. The fraction of sp³-hybridized carbons (Fsp3) is 0.429. The van der Waals surface area contributed by atoms with E-state index >= 15 is 0 Å². The van der Waals surface area contributed by atoms with Crippen LogP contribution in [0.2, 0.25) is 0 Å². The van der Waals surface area contributed by atoms with Crippen LogP contribution in [0.15, 0.2) is 35.5 Å². The van der Waals surface area contributed by atoms with Gasteiger partial charge in [-0.2, -0.15) is 0 Å². The van der Waals surface area contributed by atoms with Gasteiger partial charge in [0, 0.05) is 25.0 Å². The lowest BCUT2D eigenvalue weighted by atomic mass is 10.2. The number of unbranched alkanes of at least 4 members (excludes halogenated alkanes) is 2. The van der Waals surface area contributed by atoms with Crippen molar-refractivity contribution in [2.24, 2.45) is 7.05 Å². The van der Waals surface area contributed by atoms with Gasteiger partial charge in [0.1, 0.15) is 0 Å². The fourth-order valence-corrected chi connectivity index (χ4v) is 2.74. The van der Waals surface area contributed by atoms with Gasteiger partial charge in [0.2, 0.25) is 0 Å². The van der Waals surface area contributed by atoms with Crippen molar-refractivity contribution in [3.05, 3.63) is 30.3 Å². The van der Waals surface area contributed by atoms with E-state index in [1.807, 2.05) is 41.9 Å². The Bertz CT molecular complexity index is 499. The Labute approximate surface area is 117 Å². The molecule has 0 spiro atoms. The standard InChI is InChI=1S/C14H19N3OS/c1-17-13(12-8-4-2-5-9-12)15-16-14(17)19-11-7-3-6-10-18/h2,4-5,8-9,18H,3,6-7,10-11H2,1H3. The van der Waals surface area contributed by atoms with Gasteiger partial charge < -0.3 is 9.67 Å². The molecule has 0 fully saturated rings. The molecule has 0 atom stereocenters. The number of thioether (sulfide) groups is 1. The summed E-state index contributed by atoms with van der Waals surface area (Å²) >= 11 is 1.72. The minimum atomic E-state index is 0.285. The Morgan fingerprint density at radius 3 is 2.63 bits per heavy atom. The summed E-state index contributed by atoms with van der Waals surface area (Å²) in [5, 5.41) is 18.2. The predicted molar refractivity (Wildman–Crippen MR) is 78.1 cm³/mol. The number of aliphatic hydroxyl groups is 1. The van der Waals surface area contributed by atoms with Crippen LogP contribution in [0, 0.1) is 0 Å². The van der Waals surface area contributed by atoms with E-state index < -0.39 is 0 Å². The van der Waals surface area contributed by atoms with Gasteiger partial charge in [-0.15, -0.1) is 10.2 Å². The molecule has 0 saturated heterocycles. The molecule has 0 aliphatic heterocycles. The summed E-state index contributed by atoms with van der Waals surface area (Å²) < 4.78 is 2.03. The van der Waals surface area contributed by atoms with Crippen LogP contribution in [-0.4, -0.2) is 32.2 Å². The largest absolute Gasteiger partial charge is 0.396 e. The van der Waals surface area contributed by atoms with Crippen LogP contribution in [0.5, 0.6) is 0 Å². The van der Waals surface area contributed by atoms with Crippen molar-refractivity contribution < 1.29 is 5.11 Å². The van der Waals surface area contributed by atoms with Gasteiger partial charge in [-0.05, 0) is 12.8 Å². The van der Waals surface area contributed by atoms with Crippen molar-refractivity contribution >= 4 is 11.8 Å². The van der Waals surface area contributed by atoms with E-state index in [1.165, 1.54) is 0 Å². The zero-order chi connectivity index (χ0) is 13.5. The number of nitrogens with zero attached hydrogens (tertiary/aromatic N) is 3. The monoisotopic (exact) mass is 277 g/mol. The van der Waals surface area contributed by atoms with Crippen LogP contribution < -0.4 is 0 Å². The summed E-state index contributed by atoms with van der Waals surface area (Å²) in [4.78, 5) is 0. The van der Waals surface area contributed by atoms with E-state index in [1.54, 1.807) is 11.8 Å². The summed E-state index contributed by atoms with van der Waals surface area (Å²) in [5.41, 5.74) is 1.09. The molecule has 0 bridgehead atoms. The third kappa shape index (κ3) is 3.81. The molecule has 19 heavy (non-hydrogen) atoms. The maximum atomic E-state index is 8.72. The second-order valence-corrected chi connectivity index (χ2v) is 5.43. The van der Waals surface area contributed by atoms with Crippen LogP contribution in [0.4, 0.5) is 0 Å². The highest BCUT2D eigenvalue weighted by Gasteiger charge is 2.10. The molecular weight excluding hydrogens is 258 g/mol. The third-order valence-electron chi connectivity index (χ3n) is 2.90. The zero-order valence-electron chi connectivity index (χ0n) is 11.1. The molecule has 1 aromatic heterocycles. The fourth-order valence-electron chi connectivity index (χ4n) is 1.83. The average molecular weight is 277 g/mol. The average Bonchev–Trinajstić information content (AvgIpc) is 2.81. The van der Waals surface area contributed by atoms with Crippen molar-refractivity contribution in [1.29, 1.82) is 0 Å². The molecule has 1 aromatic carbocycles. The number of aliphatic hydroxyl groups excluding tert-OH is 1. The Balaban J connectivity index is 1.95. The maximum Gasteiger partial charge on any atom is 0.191 e. The minimum absolute atomic E-state index is 0.285. The van der Waals surface area contributed by atoms with Gasteiger partial charge in [0.05, 0.1) is 0 Å². The summed E-state index contributed by atoms with van der Waals surface area (Å²) in [7, 11) is 2.00. The van der Waals surface area contributed by atoms with E-state index in [4.69, 9.17) is 5.11 Å². The quantitative estimate of drug-likeness (QED) is 0.624. The number of hydrogen-bond donors (Lipinski definition) is 1. The van der Waals surface area contributed by atoms with E-state index in [9.17, 15) is 0 Å². The second kappa shape index (κ2) is 7.31. The Hall–Kier alpha value is -1.33. The van der Waals surface area contributed by atoms with Crippen LogP contribution >= 0.6 is 11.8 Å². The highest BCUT2D eigenvalue weighted by molar-refractivity contribution is 7.99.